The Morgan fingerprint density at radius 3 is 2.95 bits per heavy atom. The van der Waals surface area contributed by atoms with Crippen LogP contribution in [-0.2, 0) is 0 Å². The van der Waals surface area contributed by atoms with Crippen molar-refractivity contribution in [2.75, 3.05) is 11.9 Å². The molecule has 0 bridgehead atoms. The van der Waals surface area contributed by atoms with Crippen LogP contribution in [0.1, 0.15) is 16.1 Å². The van der Waals surface area contributed by atoms with E-state index in [0.29, 0.717) is 5.69 Å². The van der Waals surface area contributed by atoms with Crippen molar-refractivity contribution in [3.05, 3.63) is 53.7 Å². The molecule has 0 spiro atoms. The molecule has 0 radical (unpaired) electrons. The summed E-state index contributed by atoms with van der Waals surface area (Å²) in [7, 11) is 0. The molecule has 96 valence electrons. The van der Waals surface area contributed by atoms with E-state index in [2.05, 4.69) is 17.2 Å². The first-order chi connectivity index (χ1) is 9.20. The van der Waals surface area contributed by atoms with Crippen molar-refractivity contribution in [2.24, 2.45) is 5.73 Å². The van der Waals surface area contributed by atoms with Crippen molar-refractivity contribution < 1.29 is 13.6 Å². The molecule has 0 fully saturated rings. The molecule has 0 aliphatic carbocycles. The fraction of sp³-hybridized carbons (Fsp3) is 0.0714. The number of rotatable bonds is 2. The van der Waals surface area contributed by atoms with E-state index in [1.54, 1.807) is 6.07 Å². The Kier molecular flexibility index (Phi) is 3.96. The number of furan rings is 1. The molecule has 0 unspecified atom stereocenters. The number of halogens is 1. The first kappa shape index (κ1) is 12.9. The van der Waals surface area contributed by atoms with Crippen LogP contribution in [-0.4, -0.2) is 12.5 Å². The van der Waals surface area contributed by atoms with Gasteiger partial charge < -0.3 is 15.5 Å². The highest BCUT2D eigenvalue weighted by molar-refractivity contribution is 6.02. The largest absolute Gasteiger partial charge is 0.459 e. The van der Waals surface area contributed by atoms with E-state index in [1.807, 2.05) is 0 Å². The molecule has 0 aliphatic heterocycles. The molecule has 1 aromatic heterocycles. The van der Waals surface area contributed by atoms with Crippen LogP contribution in [0.4, 0.5) is 10.1 Å². The van der Waals surface area contributed by atoms with Gasteiger partial charge in [-0.25, -0.2) is 4.39 Å². The van der Waals surface area contributed by atoms with Crippen molar-refractivity contribution in [3.63, 3.8) is 0 Å². The van der Waals surface area contributed by atoms with Gasteiger partial charge in [-0.1, -0.05) is 11.8 Å². The lowest BCUT2D eigenvalue weighted by atomic mass is 10.2. The molecule has 3 N–H and O–H groups in total. The Labute approximate surface area is 109 Å². The Morgan fingerprint density at radius 2 is 2.26 bits per heavy atom. The summed E-state index contributed by atoms with van der Waals surface area (Å²) in [5, 5.41) is 2.59. The predicted octanol–water partition coefficient (Wildman–Crippen LogP) is 1.98. The number of benzene rings is 1. The number of hydrogen-bond donors (Lipinski definition) is 2. The minimum atomic E-state index is -0.461. The SMILES string of the molecule is NCC#Cc1cc(NC(=O)c2ccco2)ccc1F. The van der Waals surface area contributed by atoms with Gasteiger partial charge in [0.15, 0.2) is 5.76 Å². The van der Waals surface area contributed by atoms with Crippen molar-refractivity contribution in [1.82, 2.24) is 0 Å². The van der Waals surface area contributed by atoms with E-state index in [-0.39, 0.29) is 17.9 Å². The zero-order chi connectivity index (χ0) is 13.7. The van der Waals surface area contributed by atoms with Gasteiger partial charge in [-0.2, -0.15) is 0 Å². The molecule has 5 heteroatoms. The number of amides is 1. The second-order valence-corrected chi connectivity index (χ2v) is 3.63. The van der Waals surface area contributed by atoms with Crippen molar-refractivity contribution in [2.45, 2.75) is 0 Å². The molecular formula is C14H11FN2O2. The fourth-order valence-electron chi connectivity index (χ4n) is 1.45. The fourth-order valence-corrected chi connectivity index (χ4v) is 1.45. The summed E-state index contributed by atoms with van der Waals surface area (Å²) in [6.45, 7) is 0.141. The van der Waals surface area contributed by atoms with E-state index in [0.717, 1.165) is 0 Å². The van der Waals surface area contributed by atoms with Crippen molar-refractivity contribution in [1.29, 1.82) is 0 Å². The van der Waals surface area contributed by atoms with Gasteiger partial charge >= 0.3 is 0 Å². The third-order valence-corrected chi connectivity index (χ3v) is 2.29. The Bertz CT molecular complexity index is 639. The lowest BCUT2D eigenvalue weighted by Crippen LogP contribution is -2.11. The van der Waals surface area contributed by atoms with E-state index >= 15 is 0 Å². The van der Waals surface area contributed by atoms with Crippen molar-refractivity contribution >= 4 is 11.6 Å². The average Bonchev–Trinajstić information content (AvgIpc) is 2.93. The molecule has 2 aromatic rings. The van der Waals surface area contributed by atoms with Crippen LogP contribution in [0.15, 0.2) is 41.0 Å². The van der Waals surface area contributed by atoms with E-state index in [1.165, 1.54) is 30.5 Å². The molecule has 1 heterocycles. The molecule has 0 saturated heterocycles. The van der Waals surface area contributed by atoms with E-state index in [9.17, 15) is 9.18 Å². The maximum absolute atomic E-state index is 13.4. The summed E-state index contributed by atoms with van der Waals surface area (Å²) >= 11 is 0. The highest BCUT2D eigenvalue weighted by Gasteiger charge is 2.09. The zero-order valence-electron chi connectivity index (χ0n) is 9.94. The Balaban J connectivity index is 2.19. The van der Waals surface area contributed by atoms with Crippen LogP contribution in [0.3, 0.4) is 0 Å². The van der Waals surface area contributed by atoms with E-state index < -0.39 is 11.7 Å². The standard InChI is InChI=1S/C14H11FN2O2/c15-12-6-5-11(9-10(12)3-1-7-16)17-14(18)13-4-2-8-19-13/h2,4-6,8-9H,7,16H2,(H,17,18). The van der Waals surface area contributed by atoms with Gasteiger partial charge in [-0.3, -0.25) is 4.79 Å². The second kappa shape index (κ2) is 5.85. The molecule has 0 saturated carbocycles. The zero-order valence-corrected chi connectivity index (χ0v) is 9.94. The van der Waals surface area contributed by atoms with Gasteiger partial charge in [0.05, 0.1) is 18.4 Å². The van der Waals surface area contributed by atoms with Gasteiger partial charge in [0.1, 0.15) is 5.82 Å². The maximum Gasteiger partial charge on any atom is 0.291 e. The third-order valence-electron chi connectivity index (χ3n) is 2.29. The highest BCUT2D eigenvalue weighted by atomic mass is 19.1. The normalized spacial score (nSPS) is 9.58. The lowest BCUT2D eigenvalue weighted by Gasteiger charge is -2.04. The van der Waals surface area contributed by atoms with Gasteiger partial charge in [0, 0.05) is 5.69 Å². The molecule has 1 amide bonds. The number of carbonyl (C=O) groups excluding carboxylic acids is 1. The molecular weight excluding hydrogens is 247 g/mol. The minimum Gasteiger partial charge on any atom is -0.459 e. The lowest BCUT2D eigenvalue weighted by molar-refractivity contribution is 0.0996. The van der Waals surface area contributed by atoms with Crippen LogP contribution in [0.25, 0.3) is 0 Å². The average molecular weight is 258 g/mol. The first-order valence-electron chi connectivity index (χ1n) is 5.54. The van der Waals surface area contributed by atoms with Gasteiger partial charge in [0.2, 0.25) is 0 Å². The molecule has 19 heavy (non-hydrogen) atoms. The second-order valence-electron chi connectivity index (χ2n) is 3.63. The molecule has 1 aromatic carbocycles. The number of anilines is 1. The summed E-state index contributed by atoms with van der Waals surface area (Å²) < 4.78 is 18.4. The number of hydrogen-bond acceptors (Lipinski definition) is 3. The van der Waals surface area contributed by atoms with Crippen LogP contribution < -0.4 is 11.1 Å². The summed E-state index contributed by atoms with van der Waals surface area (Å²) in [6, 6.07) is 7.27. The van der Waals surface area contributed by atoms with Crippen molar-refractivity contribution in [3.8, 4) is 11.8 Å². The molecule has 0 aliphatic rings. The third kappa shape index (κ3) is 3.21. The summed E-state index contributed by atoms with van der Waals surface area (Å²) in [6.07, 6.45) is 1.40. The van der Waals surface area contributed by atoms with Crippen LogP contribution in [0.2, 0.25) is 0 Å². The first-order valence-corrected chi connectivity index (χ1v) is 5.54. The van der Waals surface area contributed by atoms with Crippen LogP contribution in [0, 0.1) is 17.7 Å². The van der Waals surface area contributed by atoms with Gasteiger partial charge in [-0.15, -0.1) is 0 Å². The van der Waals surface area contributed by atoms with Gasteiger partial charge in [-0.05, 0) is 30.3 Å². The monoisotopic (exact) mass is 258 g/mol. The summed E-state index contributed by atoms with van der Waals surface area (Å²) in [5.74, 6) is 4.47. The number of nitrogens with one attached hydrogen (secondary N) is 1. The summed E-state index contributed by atoms with van der Waals surface area (Å²) in [4.78, 5) is 11.7. The smallest absolute Gasteiger partial charge is 0.291 e. The number of nitrogens with two attached hydrogens (primary N) is 1. The van der Waals surface area contributed by atoms with E-state index in [4.69, 9.17) is 10.2 Å². The van der Waals surface area contributed by atoms with Gasteiger partial charge in [0.25, 0.3) is 5.91 Å². The Morgan fingerprint density at radius 1 is 1.42 bits per heavy atom. The molecule has 0 atom stereocenters. The topological polar surface area (TPSA) is 68.3 Å². The molecule has 2 rings (SSSR count). The highest BCUT2D eigenvalue weighted by Crippen LogP contribution is 2.15. The maximum atomic E-state index is 13.4. The van der Waals surface area contributed by atoms with Crippen LogP contribution >= 0.6 is 0 Å². The number of carbonyl (C=O) groups is 1. The Hall–Kier alpha value is -2.58. The quantitative estimate of drug-likeness (QED) is 0.809. The van der Waals surface area contributed by atoms with Crippen LogP contribution in [0.5, 0.6) is 0 Å². The molecule has 4 nitrogen and oxygen atoms in total. The minimum absolute atomic E-state index is 0.141. The summed E-state index contributed by atoms with van der Waals surface area (Å²) in [5.41, 5.74) is 5.85. The predicted molar refractivity (Wildman–Crippen MR) is 69.0 cm³/mol.